The van der Waals surface area contributed by atoms with Gasteiger partial charge >= 0.3 is 0 Å². The fraction of sp³-hybridized carbons (Fsp3) is 0.778. The van der Waals surface area contributed by atoms with Crippen LogP contribution in [0.5, 0.6) is 0 Å². The van der Waals surface area contributed by atoms with Crippen LogP contribution in [-0.2, 0) is 22.3 Å². The molecule has 1 N–H and O–H groups in total. The Kier molecular flexibility index (Phi) is 11.7. The van der Waals surface area contributed by atoms with Crippen LogP contribution in [0.15, 0.2) is 4.99 Å². The maximum atomic E-state index is 5.66. The number of hydrogen-bond donors (Lipinski definition) is 1. The van der Waals surface area contributed by atoms with Crippen molar-refractivity contribution in [3.63, 3.8) is 0 Å². The molecule has 2 heterocycles. The van der Waals surface area contributed by atoms with Crippen LogP contribution in [0, 0.1) is 12.8 Å². The van der Waals surface area contributed by atoms with Crippen molar-refractivity contribution in [3.8, 4) is 0 Å². The van der Waals surface area contributed by atoms with Gasteiger partial charge in [-0.15, -0.1) is 35.3 Å². The van der Waals surface area contributed by atoms with Crippen LogP contribution in [0.1, 0.15) is 28.9 Å². The topological polar surface area (TPSA) is 59.0 Å². The van der Waals surface area contributed by atoms with E-state index in [1.165, 1.54) is 15.6 Å². The Morgan fingerprint density at radius 2 is 2.23 bits per heavy atom. The van der Waals surface area contributed by atoms with Gasteiger partial charge in [-0.05, 0) is 19.8 Å². The van der Waals surface area contributed by atoms with E-state index in [9.17, 15) is 0 Å². The van der Waals surface area contributed by atoms with Crippen LogP contribution in [0.2, 0.25) is 0 Å². The highest BCUT2D eigenvalue weighted by Gasteiger charge is 2.24. The van der Waals surface area contributed by atoms with E-state index in [1.807, 2.05) is 18.4 Å². The summed E-state index contributed by atoms with van der Waals surface area (Å²) in [5.74, 6) is 1.56. The van der Waals surface area contributed by atoms with Gasteiger partial charge in [0.25, 0.3) is 0 Å². The number of hydrogen-bond acceptors (Lipinski definition) is 5. The van der Waals surface area contributed by atoms with Crippen LogP contribution in [0.25, 0.3) is 0 Å². The van der Waals surface area contributed by atoms with Gasteiger partial charge in [-0.1, -0.05) is 6.92 Å². The highest BCUT2D eigenvalue weighted by Crippen LogP contribution is 2.19. The molecule has 1 atom stereocenters. The van der Waals surface area contributed by atoms with Crippen LogP contribution < -0.4 is 5.32 Å². The molecule has 0 spiro atoms. The molecule has 1 aliphatic heterocycles. The van der Waals surface area contributed by atoms with Gasteiger partial charge in [-0.3, -0.25) is 4.99 Å². The van der Waals surface area contributed by atoms with Gasteiger partial charge in [-0.25, -0.2) is 4.98 Å². The molecular formula is C18H33IN4O2S. The molecule has 1 unspecified atom stereocenters. The summed E-state index contributed by atoms with van der Waals surface area (Å²) in [6.07, 6.45) is 3.11. The molecule has 0 aromatic carbocycles. The number of nitrogens with one attached hydrogen (secondary N) is 1. The van der Waals surface area contributed by atoms with E-state index >= 15 is 0 Å². The third-order valence-electron chi connectivity index (χ3n) is 4.48. The molecule has 1 fully saturated rings. The Bertz CT molecular complexity index is 553. The first-order valence-electron chi connectivity index (χ1n) is 9.15. The third kappa shape index (κ3) is 7.28. The number of methoxy groups -OCH3 is 1. The van der Waals surface area contributed by atoms with Crippen molar-refractivity contribution in [3.05, 3.63) is 15.6 Å². The minimum absolute atomic E-state index is 0. The predicted octanol–water partition coefficient (Wildman–Crippen LogP) is 2.73. The van der Waals surface area contributed by atoms with Crippen LogP contribution in [-0.4, -0.2) is 69.5 Å². The van der Waals surface area contributed by atoms with Crippen molar-refractivity contribution in [2.45, 2.75) is 33.1 Å². The van der Waals surface area contributed by atoms with Gasteiger partial charge in [0, 0.05) is 51.0 Å². The maximum absolute atomic E-state index is 5.66. The smallest absolute Gasteiger partial charge is 0.193 e. The lowest BCUT2D eigenvalue weighted by atomic mass is 10.1. The van der Waals surface area contributed by atoms with E-state index in [0.29, 0.717) is 19.1 Å². The standard InChI is InChI=1S/C18H32N4O2S.HI/c1-5-16-14(2)25-17(21-16)6-8-20-18(19-3)22-9-7-15(12-22)13-24-11-10-23-4;/h15H,5-13H2,1-4H3,(H,19,20);1H. The Balaban J connectivity index is 0.00000338. The fourth-order valence-electron chi connectivity index (χ4n) is 3.09. The van der Waals surface area contributed by atoms with E-state index in [4.69, 9.17) is 14.5 Å². The van der Waals surface area contributed by atoms with Crippen LogP contribution in [0.4, 0.5) is 0 Å². The normalized spacial score (nSPS) is 17.5. The number of nitrogens with zero attached hydrogens (tertiary/aromatic N) is 3. The minimum atomic E-state index is 0. The number of ether oxygens (including phenoxy) is 2. The monoisotopic (exact) mass is 496 g/mol. The Morgan fingerprint density at radius 3 is 2.88 bits per heavy atom. The summed E-state index contributed by atoms with van der Waals surface area (Å²) in [6.45, 7) is 9.36. The molecule has 0 saturated carbocycles. The largest absolute Gasteiger partial charge is 0.382 e. The summed E-state index contributed by atoms with van der Waals surface area (Å²) >= 11 is 1.81. The Morgan fingerprint density at radius 1 is 1.42 bits per heavy atom. The second-order valence-electron chi connectivity index (χ2n) is 6.36. The average molecular weight is 496 g/mol. The lowest BCUT2D eigenvalue weighted by Crippen LogP contribution is -2.41. The molecule has 0 aliphatic carbocycles. The summed E-state index contributed by atoms with van der Waals surface area (Å²) in [6, 6.07) is 0. The van der Waals surface area contributed by atoms with E-state index in [-0.39, 0.29) is 24.0 Å². The third-order valence-corrected chi connectivity index (χ3v) is 5.55. The molecule has 150 valence electrons. The Labute approximate surface area is 178 Å². The zero-order valence-corrected chi connectivity index (χ0v) is 19.6. The van der Waals surface area contributed by atoms with E-state index in [1.54, 1.807) is 7.11 Å². The number of thiazole rings is 1. The number of aromatic nitrogens is 1. The van der Waals surface area contributed by atoms with Crippen molar-refractivity contribution in [1.29, 1.82) is 0 Å². The van der Waals surface area contributed by atoms with Crippen molar-refractivity contribution in [1.82, 2.24) is 15.2 Å². The highest BCUT2D eigenvalue weighted by atomic mass is 127. The molecular weight excluding hydrogens is 463 g/mol. The number of halogens is 1. The van der Waals surface area contributed by atoms with Gasteiger partial charge in [0.15, 0.2) is 5.96 Å². The molecule has 0 radical (unpaired) electrons. The summed E-state index contributed by atoms with van der Waals surface area (Å²) in [4.78, 5) is 12.8. The number of aryl methyl sites for hydroxylation is 2. The SMILES string of the molecule is CCc1nc(CCNC(=NC)N2CCC(COCCOC)C2)sc1C.I. The predicted molar refractivity (Wildman–Crippen MR) is 119 cm³/mol. The second kappa shape index (κ2) is 12.9. The van der Waals surface area contributed by atoms with Crippen LogP contribution in [0.3, 0.4) is 0 Å². The summed E-state index contributed by atoms with van der Waals surface area (Å²) in [7, 11) is 3.56. The first-order valence-corrected chi connectivity index (χ1v) is 9.97. The zero-order chi connectivity index (χ0) is 18.1. The van der Waals surface area contributed by atoms with Gasteiger partial charge in [-0.2, -0.15) is 0 Å². The molecule has 1 aromatic heterocycles. The number of likely N-dealkylation sites (tertiary alicyclic amines) is 1. The summed E-state index contributed by atoms with van der Waals surface area (Å²) in [5, 5.41) is 4.70. The minimum Gasteiger partial charge on any atom is -0.382 e. The van der Waals surface area contributed by atoms with Crippen LogP contribution >= 0.6 is 35.3 Å². The quantitative estimate of drug-likeness (QED) is 0.247. The lowest BCUT2D eigenvalue weighted by Gasteiger charge is -2.21. The van der Waals surface area contributed by atoms with Crippen molar-refractivity contribution in [2.24, 2.45) is 10.9 Å². The molecule has 0 bridgehead atoms. The van der Waals surface area contributed by atoms with Crippen molar-refractivity contribution < 1.29 is 9.47 Å². The molecule has 1 aromatic rings. The van der Waals surface area contributed by atoms with Gasteiger partial charge in [0.1, 0.15) is 0 Å². The second-order valence-corrected chi connectivity index (χ2v) is 7.64. The highest BCUT2D eigenvalue weighted by molar-refractivity contribution is 14.0. The van der Waals surface area contributed by atoms with Gasteiger partial charge in [0.05, 0.1) is 30.5 Å². The maximum Gasteiger partial charge on any atom is 0.193 e. The molecule has 26 heavy (non-hydrogen) atoms. The molecule has 1 aliphatic rings. The number of aliphatic imine (C=N–C) groups is 1. The molecule has 6 nitrogen and oxygen atoms in total. The van der Waals surface area contributed by atoms with E-state index in [2.05, 4.69) is 29.1 Å². The number of rotatable bonds is 9. The van der Waals surface area contributed by atoms with E-state index < -0.39 is 0 Å². The van der Waals surface area contributed by atoms with Crippen molar-refractivity contribution >= 4 is 41.3 Å². The van der Waals surface area contributed by atoms with Gasteiger partial charge in [0.2, 0.25) is 0 Å². The molecule has 1 saturated heterocycles. The van der Waals surface area contributed by atoms with E-state index in [0.717, 1.165) is 51.5 Å². The lowest BCUT2D eigenvalue weighted by molar-refractivity contribution is 0.0536. The number of guanidine groups is 1. The first-order chi connectivity index (χ1) is 12.2. The zero-order valence-electron chi connectivity index (χ0n) is 16.4. The molecule has 8 heteroatoms. The first kappa shape index (κ1) is 23.6. The summed E-state index contributed by atoms with van der Waals surface area (Å²) in [5.41, 5.74) is 1.24. The van der Waals surface area contributed by atoms with Crippen molar-refractivity contribution in [2.75, 3.05) is 53.6 Å². The average Bonchev–Trinajstić information content (AvgIpc) is 3.22. The Hall–Kier alpha value is -0.450. The molecule has 2 rings (SSSR count). The summed E-state index contributed by atoms with van der Waals surface area (Å²) < 4.78 is 10.7. The fourth-order valence-corrected chi connectivity index (χ4v) is 4.11. The van der Waals surface area contributed by atoms with Gasteiger partial charge < -0.3 is 19.7 Å². The molecule has 0 amide bonds.